The molecule has 1 nitrogen and oxygen atoms in total. The van der Waals surface area contributed by atoms with Crippen LogP contribution in [-0.4, -0.2) is 4.57 Å². The van der Waals surface area contributed by atoms with E-state index in [1.54, 1.807) is 0 Å². The van der Waals surface area contributed by atoms with E-state index in [-0.39, 0.29) is 0 Å². The number of para-hydroxylation sites is 1. The molecule has 0 spiro atoms. The Morgan fingerprint density at radius 2 is 1.46 bits per heavy atom. The molecule has 0 fully saturated rings. The Kier molecular flexibility index (Phi) is 3.45. The highest BCUT2D eigenvalue weighted by Crippen LogP contribution is 2.34. The molecule has 1 heterocycles. The average Bonchev–Trinajstić information content (AvgIpc) is 3.03. The predicted octanol–water partition coefficient (Wildman–Crippen LogP) is 6.70. The number of nitrogens with zero attached hydrogens (tertiary/aromatic N) is 1. The van der Waals surface area contributed by atoms with Crippen molar-refractivity contribution < 1.29 is 0 Å². The summed E-state index contributed by atoms with van der Waals surface area (Å²) >= 11 is 6.04. The van der Waals surface area contributed by atoms with Crippen molar-refractivity contribution in [3.05, 3.63) is 102 Å². The molecular weight excluding hydrogens is 338 g/mol. The van der Waals surface area contributed by atoms with Crippen molar-refractivity contribution >= 4 is 33.4 Å². The van der Waals surface area contributed by atoms with Crippen molar-refractivity contribution in [2.45, 2.75) is 0 Å². The van der Waals surface area contributed by atoms with E-state index in [1.807, 2.05) is 24.3 Å². The molecule has 0 unspecified atom stereocenters. The molecule has 122 valence electrons. The Balaban J connectivity index is 1.85. The smallest absolute Gasteiger partial charge is 0.0552 e. The van der Waals surface area contributed by atoms with Gasteiger partial charge in [0.15, 0.2) is 0 Å². The third-order valence-corrected chi connectivity index (χ3v) is 5.00. The van der Waals surface area contributed by atoms with Crippen LogP contribution in [0.15, 0.2) is 84.9 Å². The van der Waals surface area contributed by atoms with Crippen molar-refractivity contribution in [3.63, 3.8) is 0 Å². The summed E-state index contributed by atoms with van der Waals surface area (Å²) < 4.78 is 2.29. The molecule has 0 aliphatic rings. The fourth-order valence-corrected chi connectivity index (χ4v) is 3.67. The van der Waals surface area contributed by atoms with Gasteiger partial charge in [0.05, 0.1) is 16.7 Å². The Bertz CT molecular complexity index is 1220. The number of benzene rings is 3. The quantitative estimate of drug-likeness (QED) is 0.333. The minimum Gasteiger partial charge on any atom is -0.309 e. The van der Waals surface area contributed by atoms with Crippen LogP contribution in [0, 0.1) is 12.1 Å². The van der Waals surface area contributed by atoms with Gasteiger partial charge in [-0.25, -0.2) is 0 Å². The van der Waals surface area contributed by atoms with E-state index in [9.17, 15) is 0 Å². The van der Waals surface area contributed by atoms with Gasteiger partial charge in [0.25, 0.3) is 0 Å². The van der Waals surface area contributed by atoms with Crippen molar-refractivity contribution in [3.8, 4) is 16.8 Å². The maximum atomic E-state index is 6.04. The van der Waals surface area contributed by atoms with E-state index in [4.69, 9.17) is 11.6 Å². The summed E-state index contributed by atoms with van der Waals surface area (Å²) in [6, 6.07) is 35.1. The first-order valence-corrected chi connectivity index (χ1v) is 8.86. The first-order valence-electron chi connectivity index (χ1n) is 8.48. The summed E-state index contributed by atoms with van der Waals surface area (Å²) in [5.41, 5.74) is 5.78. The third kappa shape index (κ3) is 2.36. The molecule has 0 aliphatic heterocycles. The highest BCUT2D eigenvalue weighted by Gasteiger charge is 2.12. The molecule has 5 rings (SSSR count). The second-order valence-electron chi connectivity index (χ2n) is 6.28. The molecule has 0 aliphatic carbocycles. The zero-order valence-electron chi connectivity index (χ0n) is 13.9. The molecule has 0 radical (unpaired) electrons. The van der Waals surface area contributed by atoms with Crippen LogP contribution in [0.4, 0.5) is 0 Å². The number of fused-ring (bicyclic) bond motifs is 3. The van der Waals surface area contributed by atoms with Gasteiger partial charge in [-0.15, -0.1) is 0 Å². The summed E-state index contributed by atoms with van der Waals surface area (Å²) in [7, 11) is 0. The zero-order valence-corrected chi connectivity index (χ0v) is 14.7. The predicted molar refractivity (Wildman–Crippen MR) is 109 cm³/mol. The summed E-state index contributed by atoms with van der Waals surface area (Å²) in [5, 5.41) is 3.24. The SMILES string of the molecule is Clc1ccc(-c2ccc3c4ccccc4n(-c4cc#ccc4)c3c2)cc1. The topological polar surface area (TPSA) is 4.93 Å². The molecule has 5 aromatic rings. The van der Waals surface area contributed by atoms with Gasteiger partial charge < -0.3 is 4.57 Å². The van der Waals surface area contributed by atoms with Crippen molar-refractivity contribution in [1.82, 2.24) is 4.57 Å². The van der Waals surface area contributed by atoms with E-state index in [1.165, 1.54) is 27.4 Å². The van der Waals surface area contributed by atoms with Crippen LogP contribution in [0.5, 0.6) is 0 Å². The fraction of sp³-hybridized carbons (Fsp3) is 0. The van der Waals surface area contributed by atoms with E-state index in [2.05, 4.69) is 77.4 Å². The molecule has 1 aromatic heterocycles. The first-order chi connectivity index (χ1) is 12.8. The number of halogens is 1. The van der Waals surface area contributed by atoms with E-state index in [0.29, 0.717) is 0 Å². The second kappa shape index (κ2) is 5.95. The Morgan fingerprint density at radius 1 is 0.692 bits per heavy atom. The molecule has 0 N–H and O–H groups in total. The molecule has 0 saturated heterocycles. The minimum atomic E-state index is 0.750. The largest absolute Gasteiger partial charge is 0.309 e. The van der Waals surface area contributed by atoms with Gasteiger partial charge in [0.2, 0.25) is 0 Å². The lowest BCUT2D eigenvalue weighted by Gasteiger charge is -2.08. The van der Waals surface area contributed by atoms with Gasteiger partial charge in [0, 0.05) is 21.9 Å². The normalized spacial score (nSPS) is 11.0. The van der Waals surface area contributed by atoms with Crippen LogP contribution < -0.4 is 0 Å². The van der Waals surface area contributed by atoms with Gasteiger partial charge in [-0.2, -0.15) is 0 Å². The Labute approximate surface area is 157 Å². The standard InChI is InChI=1S/C24H14ClN/c25-19-13-10-17(11-14-19)18-12-15-22-21-8-4-5-9-23(21)26(24(22)16-18)20-6-2-1-3-7-20/h2,4-16H. The van der Waals surface area contributed by atoms with Gasteiger partial charge >= 0.3 is 0 Å². The fourth-order valence-electron chi connectivity index (χ4n) is 3.55. The summed E-state index contributed by atoms with van der Waals surface area (Å²) in [6.07, 6.45) is 0. The van der Waals surface area contributed by atoms with Crippen molar-refractivity contribution in [2.75, 3.05) is 0 Å². The van der Waals surface area contributed by atoms with Gasteiger partial charge in [0.1, 0.15) is 0 Å². The molecule has 0 amide bonds. The average molecular weight is 352 g/mol. The summed E-state index contributed by atoms with van der Waals surface area (Å²) in [5.74, 6) is 0. The van der Waals surface area contributed by atoms with Crippen LogP contribution in [-0.2, 0) is 0 Å². The molecule has 0 saturated carbocycles. The number of hydrogen-bond donors (Lipinski definition) is 0. The molecule has 0 atom stereocenters. The summed E-state index contributed by atoms with van der Waals surface area (Å²) in [4.78, 5) is 0. The molecule has 26 heavy (non-hydrogen) atoms. The summed E-state index contributed by atoms with van der Waals surface area (Å²) in [6.45, 7) is 0. The van der Waals surface area contributed by atoms with Crippen LogP contribution >= 0.6 is 11.6 Å². The van der Waals surface area contributed by atoms with E-state index in [0.717, 1.165) is 16.3 Å². The minimum absolute atomic E-state index is 0.750. The third-order valence-electron chi connectivity index (χ3n) is 4.75. The lowest BCUT2D eigenvalue weighted by Crippen LogP contribution is -1.92. The maximum Gasteiger partial charge on any atom is 0.0552 e. The molecule has 4 aromatic carbocycles. The maximum absolute atomic E-state index is 6.04. The number of aromatic nitrogens is 1. The number of hydrogen-bond acceptors (Lipinski definition) is 0. The van der Waals surface area contributed by atoms with Gasteiger partial charge in [-0.1, -0.05) is 66.2 Å². The first kappa shape index (κ1) is 15.1. The van der Waals surface area contributed by atoms with Crippen LogP contribution in [0.2, 0.25) is 5.02 Å². The van der Waals surface area contributed by atoms with Crippen molar-refractivity contribution in [2.24, 2.45) is 0 Å². The molecule has 2 heteroatoms. The number of rotatable bonds is 2. The monoisotopic (exact) mass is 351 g/mol. The van der Waals surface area contributed by atoms with Crippen molar-refractivity contribution in [1.29, 1.82) is 0 Å². The Hall–Kier alpha value is -3.21. The molecule has 0 bridgehead atoms. The zero-order chi connectivity index (χ0) is 17.5. The Morgan fingerprint density at radius 3 is 2.27 bits per heavy atom. The highest BCUT2D eigenvalue weighted by atomic mass is 35.5. The van der Waals surface area contributed by atoms with Crippen LogP contribution in [0.3, 0.4) is 0 Å². The van der Waals surface area contributed by atoms with E-state index < -0.39 is 0 Å². The van der Waals surface area contributed by atoms with Gasteiger partial charge in [-0.3, -0.25) is 0 Å². The second-order valence-corrected chi connectivity index (χ2v) is 6.72. The lowest BCUT2D eigenvalue weighted by molar-refractivity contribution is 1.18. The highest BCUT2D eigenvalue weighted by molar-refractivity contribution is 6.30. The van der Waals surface area contributed by atoms with Crippen LogP contribution in [0.1, 0.15) is 0 Å². The van der Waals surface area contributed by atoms with Crippen LogP contribution in [0.25, 0.3) is 38.6 Å². The van der Waals surface area contributed by atoms with Gasteiger partial charge in [-0.05, 0) is 47.5 Å². The lowest BCUT2D eigenvalue weighted by atomic mass is 10.0. The molecular formula is C24H14ClN. The van der Waals surface area contributed by atoms with E-state index >= 15 is 0 Å².